The highest BCUT2D eigenvalue weighted by atomic mass is 19.1. The van der Waals surface area contributed by atoms with E-state index in [1.165, 1.54) is 12.1 Å². The van der Waals surface area contributed by atoms with E-state index in [0.717, 1.165) is 22.0 Å². The molecular weight excluding hydrogens is 486 g/mol. The molecule has 4 aromatic rings. The van der Waals surface area contributed by atoms with E-state index in [1.54, 1.807) is 24.4 Å². The van der Waals surface area contributed by atoms with Gasteiger partial charge in [-0.15, -0.1) is 0 Å². The molecule has 3 aromatic carbocycles. The standard InChI is InChI=1S/C29H28F2N6O/c1-2-27(38)33-22-7-3-5-20(17-22)24-8-4-6-21-19-32-29(35-28(21)24)34-23-9-10-26(25(31)18-23)37-15-13-36(12-11-30)14-16-37/h2-10,17-19H,1,11-16H2,(H,33,38)(H,32,34,35). The fourth-order valence-electron chi connectivity index (χ4n) is 4.61. The number of benzene rings is 3. The summed E-state index contributed by atoms with van der Waals surface area (Å²) in [5.74, 6) is -0.284. The summed E-state index contributed by atoms with van der Waals surface area (Å²) in [7, 11) is 0. The van der Waals surface area contributed by atoms with Gasteiger partial charge in [0.05, 0.1) is 11.2 Å². The summed E-state index contributed by atoms with van der Waals surface area (Å²) in [5.41, 5.74) is 4.19. The minimum absolute atomic E-state index is 0.286. The fourth-order valence-corrected chi connectivity index (χ4v) is 4.61. The zero-order valence-corrected chi connectivity index (χ0v) is 20.8. The van der Waals surface area contributed by atoms with Crippen molar-refractivity contribution in [2.24, 2.45) is 0 Å². The molecule has 1 saturated heterocycles. The number of anilines is 4. The molecule has 1 aromatic heterocycles. The molecule has 194 valence electrons. The van der Waals surface area contributed by atoms with Crippen molar-refractivity contribution in [1.82, 2.24) is 14.9 Å². The topological polar surface area (TPSA) is 73.4 Å². The first-order chi connectivity index (χ1) is 18.5. The maximum absolute atomic E-state index is 15.0. The van der Waals surface area contributed by atoms with Crippen LogP contribution in [-0.2, 0) is 4.79 Å². The van der Waals surface area contributed by atoms with Crippen LogP contribution in [-0.4, -0.2) is 60.2 Å². The monoisotopic (exact) mass is 514 g/mol. The maximum atomic E-state index is 15.0. The van der Waals surface area contributed by atoms with Gasteiger partial charge in [0.1, 0.15) is 12.5 Å². The number of fused-ring (bicyclic) bond motifs is 1. The molecule has 5 rings (SSSR count). The second-order valence-electron chi connectivity index (χ2n) is 9.02. The van der Waals surface area contributed by atoms with Crippen LogP contribution in [0.25, 0.3) is 22.0 Å². The van der Waals surface area contributed by atoms with Gasteiger partial charge >= 0.3 is 0 Å². The average molecular weight is 515 g/mol. The molecule has 0 aliphatic carbocycles. The predicted octanol–water partition coefficient (Wildman–Crippen LogP) is 5.40. The minimum atomic E-state index is -0.368. The van der Waals surface area contributed by atoms with E-state index in [4.69, 9.17) is 4.98 Å². The lowest BCUT2D eigenvalue weighted by Crippen LogP contribution is -2.47. The van der Waals surface area contributed by atoms with E-state index in [1.807, 2.05) is 46.2 Å². The van der Waals surface area contributed by atoms with E-state index in [2.05, 4.69) is 22.2 Å². The molecule has 0 radical (unpaired) electrons. The Kier molecular flexibility index (Phi) is 7.55. The smallest absolute Gasteiger partial charge is 0.247 e. The average Bonchev–Trinajstić information content (AvgIpc) is 2.93. The number of piperazine rings is 1. The van der Waals surface area contributed by atoms with Gasteiger partial charge in [-0.3, -0.25) is 9.69 Å². The van der Waals surface area contributed by atoms with E-state index >= 15 is 4.39 Å². The summed E-state index contributed by atoms with van der Waals surface area (Å²) >= 11 is 0. The number of hydrogen-bond donors (Lipinski definition) is 2. The number of nitrogens with one attached hydrogen (secondary N) is 2. The minimum Gasteiger partial charge on any atom is -0.367 e. The van der Waals surface area contributed by atoms with E-state index in [-0.39, 0.29) is 18.4 Å². The van der Waals surface area contributed by atoms with Crippen molar-refractivity contribution in [2.45, 2.75) is 0 Å². The van der Waals surface area contributed by atoms with Gasteiger partial charge in [-0.25, -0.2) is 18.7 Å². The lowest BCUT2D eigenvalue weighted by Gasteiger charge is -2.35. The maximum Gasteiger partial charge on any atom is 0.247 e. The molecule has 0 atom stereocenters. The van der Waals surface area contributed by atoms with Gasteiger partial charge in [0.15, 0.2) is 0 Å². The van der Waals surface area contributed by atoms with Crippen LogP contribution in [0.1, 0.15) is 0 Å². The number of carbonyl (C=O) groups excluding carboxylic acids is 1. The molecule has 1 amide bonds. The van der Waals surface area contributed by atoms with Crippen molar-refractivity contribution in [3.8, 4) is 11.1 Å². The second-order valence-corrected chi connectivity index (χ2v) is 9.02. The third-order valence-electron chi connectivity index (χ3n) is 6.55. The van der Waals surface area contributed by atoms with Crippen molar-refractivity contribution in [1.29, 1.82) is 0 Å². The van der Waals surface area contributed by atoms with Crippen molar-refractivity contribution >= 4 is 39.8 Å². The summed E-state index contributed by atoms with van der Waals surface area (Å²) in [6.45, 7) is 6.26. The Morgan fingerprint density at radius 1 is 1.03 bits per heavy atom. The lowest BCUT2D eigenvalue weighted by molar-refractivity contribution is -0.111. The highest BCUT2D eigenvalue weighted by Crippen LogP contribution is 2.30. The number of para-hydroxylation sites is 1. The second kappa shape index (κ2) is 11.4. The van der Waals surface area contributed by atoms with Crippen LogP contribution in [0.5, 0.6) is 0 Å². The van der Waals surface area contributed by atoms with Crippen LogP contribution >= 0.6 is 0 Å². The number of aromatic nitrogens is 2. The Hall–Kier alpha value is -4.37. The van der Waals surface area contributed by atoms with Gasteiger partial charge in [0, 0.05) is 61.2 Å². The van der Waals surface area contributed by atoms with Gasteiger partial charge in [-0.1, -0.05) is 36.9 Å². The number of hydrogen-bond acceptors (Lipinski definition) is 6. The third-order valence-corrected chi connectivity index (χ3v) is 6.55. The zero-order valence-electron chi connectivity index (χ0n) is 20.8. The predicted molar refractivity (Wildman–Crippen MR) is 148 cm³/mol. The number of carbonyl (C=O) groups is 1. The zero-order chi connectivity index (χ0) is 26.5. The first kappa shape index (κ1) is 25.3. The highest BCUT2D eigenvalue weighted by Gasteiger charge is 2.19. The van der Waals surface area contributed by atoms with Gasteiger partial charge in [-0.05, 0) is 42.0 Å². The molecule has 9 heteroatoms. The Labute approximate surface area is 219 Å². The molecule has 0 spiro atoms. The van der Waals surface area contributed by atoms with Gasteiger partial charge in [0.25, 0.3) is 0 Å². The Morgan fingerprint density at radius 3 is 2.61 bits per heavy atom. The summed E-state index contributed by atoms with van der Waals surface area (Å²) in [4.78, 5) is 24.9. The third kappa shape index (κ3) is 5.63. The SMILES string of the molecule is C=CC(=O)Nc1cccc(-c2cccc3cnc(Nc4ccc(N5CCN(CCF)CC5)c(F)c4)nc23)c1. The molecule has 2 heterocycles. The molecule has 1 aliphatic heterocycles. The normalized spacial score (nSPS) is 13.9. The molecule has 38 heavy (non-hydrogen) atoms. The fraction of sp³-hybridized carbons (Fsp3) is 0.207. The molecule has 0 saturated carbocycles. The molecule has 0 bridgehead atoms. The van der Waals surface area contributed by atoms with E-state index in [9.17, 15) is 9.18 Å². The van der Waals surface area contributed by atoms with Crippen LogP contribution < -0.4 is 15.5 Å². The van der Waals surface area contributed by atoms with Crippen LogP contribution in [0.15, 0.2) is 79.5 Å². The van der Waals surface area contributed by atoms with Crippen LogP contribution in [0.2, 0.25) is 0 Å². The summed E-state index contributed by atoms with van der Waals surface area (Å²) in [5, 5.41) is 6.74. The molecule has 7 nitrogen and oxygen atoms in total. The van der Waals surface area contributed by atoms with Gasteiger partial charge < -0.3 is 15.5 Å². The van der Waals surface area contributed by atoms with E-state index in [0.29, 0.717) is 55.7 Å². The van der Waals surface area contributed by atoms with Gasteiger partial charge in [-0.2, -0.15) is 0 Å². The first-order valence-corrected chi connectivity index (χ1v) is 12.4. The van der Waals surface area contributed by atoms with Crippen molar-refractivity contribution in [3.63, 3.8) is 0 Å². The largest absolute Gasteiger partial charge is 0.367 e. The Morgan fingerprint density at radius 2 is 1.84 bits per heavy atom. The van der Waals surface area contributed by atoms with E-state index < -0.39 is 0 Å². The first-order valence-electron chi connectivity index (χ1n) is 12.4. The molecule has 2 N–H and O–H groups in total. The van der Waals surface area contributed by atoms with Crippen LogP contribution in [0, 0.1) is 5.82 Å². The summed E-state index contributed by atoms with van der Waals surface area (Å²) in [6, 6.07) is 18.3. The number of halogens is 2. The Balaban J connectivity index is 1.37. The van der Waals surface area contributed by atoms with Crippen molar-refractivity contribution in [3.05, 3.63) is 85.3 Å². The number of rotatable bonds is 8. The van der Waals surface area contributed by atoms with Crippen LogP contribution in [0.3, 0.4) is 0 Å². The molecular formula is C29H28F2N6O. The Bertz CT molecular complexity index is 1470. The number of amides is 1. The molecule has 1 aliphatic rings. The molecule has 1 fully saturated rings. The molecule has 0 unspecified atom stereocenters. The summed E-state index contributed by atoms with van der Waals surface area (Å²) in [6.07, 6.45) is 2.94. The quantitative estimate of drug-likeness (QED) is 0.307. The van der Waals surface area contributed by atoms with Crippen molar-refractivity contribution in [2.75, 3.05) is 54.9 Å². The summed E-state index contributed by atoms with van der Waals surface area (Å²) < 4.78 is 27.6. The number of nitrogens with zero attached hydrogens (tertiary/aromatic N) is 4. The highest BCUT2D eigenvalue weighted by molar-refractivity contribution is 6.00. The lowest BCUT2D eigenvalue weighted by atomic mass is 10.0. The van der Waals surface area contributed by atoms with Gasteiger partial charge in [0.2, 0.25) is 11.9 Å². The number of alkyl halides is 1. The van der Waals surface area contributed by atoms with Crippen molar-refractivity contribution < 1.29 is 13.6 Å². The van der Waals surface area contributed by atoms with Crippen LogP contribution in [0.4, 0.5) is 31.8 Å².